The van der Waals surface area contributed by atoms with Gasteiger partial charge in [0.05, 0.1) is 6.61 Å². The molecule has 1 saturated heterocycles. The van der Waals surface area contributed by atoms with Gasteiger partial charge in [-0.1, -0.05) is 28.9 Å². The van der Waals surface area contributed by atoms with Crippen LogP contribution in [0.25, 0.3) is 0 Å². The number of halogens is 1. The third-order valence-corrected chi connectivity index (χ3v) is 4.16. The molecular formula is C16H24BrNO. The van der Waals surface area contributed by atoms with Crippen LogP contribution in [0, 0.1) is 12.8 Å². The summed E-state index contributed by atoms with van der Waals surface area (Å²) in [5.74, 6) is 0.592. The van der Waals surface area contributed by atoms with Gasteiger partial charge in [0, 0.05) is 23.0 Å². The van der Waals surface area contributed by atoms with E-state index >= 15 is 0 Å². The first kappa shape index (κ1) is 15.0. The second-order valence-electron chi connectivity index (χ2n) is 5.47. The van der Waals surface area contributed by atoms with Crippen LogP contribution in [-0.4, -0.2) is 19.8 Å². The normalized spacial score (nSPS) is 21.3. The minimum absolute atomic E-state index is 0.413. The third-order valence-electron chi connectivity index (χ3n) is 3.70. The molecule has 0 radical (unpaired) electrons. The molecule has 0 bridgehead atoms. The van der Waals surface area contributed by atoms with E-state index in [1.165, 1.54) is 28.4 Å². The molecule has 1 aliphatic heterocycles. The highest BCUT2D eigenvalue weighted by atomic mass is 79.9. The lowest BCUT2D eigenvalue weighted by Gasteiger charge is -2.31. The standard InChI is InChI=1S/C16H24BrNO/c1-3-6-18-16(13-5-4-7-19-11-13)14-8-12(2)9-15(17)10-14/h8-10,13,16,18H,3-7,11H2,1-2H3. The molecule has 0 aliphatic carbocycles. The number of ether oxygens (including phenoxy) is 1. The van der Waals surface area contributed by atoms with Gasteiger partial charge in [-0.2, -0.15) is 0 Å². The maximum atomic E-state index is 5.67. The maximum Gasteiger partial charge on any atom is 0.0512 e. The van der Waals surface area contributed by atoms with E-state index in [0.29, 0.717) is 12.0 Å². The highest BCUT2D eigenvalue weighted by molar-refractivity contribution is 9.10. The van der Waals surface area contributed by atoms with Crippen molar-refractivity contribution in [3.05, 3.63) is 33.8 Å². The molecule has 3 heteroatoms. The summed E-state index contributed by atoms with van der Waals surface area (Å²) in [6.45, 7) is 7.24. The van der Waals surface area contributed by atoms with Crippen LogP contribution in [0.5, 0.6) is 0 Å². The molecule has 0 aromatic heterocycles. The van der Waals surface area contributed by atoms with Gasteiger partial charge < -0.3 is 10.1 Å². The number of benzene rings is 1. The summed E-state index contributed by atoms with van der Waals surface area (Å²) in [4.78, 5) is 0. The van der Waals surface area contributed by atoms with E-state index in [0.717, 1.165) is 26.2 Å². The predicted octanol–water partition coefficient (Wildman–Crippen LogP) is 4.22. The molecule has 0 saturated carbocycles. The fourth-order valence-corrected chi connectivity index (χ4v) is 3.45. The van der Waals surface area contributed by atoms with Crippen LogP contribution in [0.3, 0.4) is 0 Å². The van der Waals surface area contributed by atoms with Gasteiger partial charge in [-0.05, 0) is 56.0 Å². The molecule has 106 valence electrons. The zero-order valence-corrected chi connectivity index (χ0v) is 13.5. The number of rotatable bonds is 5. The van der Waals surface area contributed by atoms with Crippen molar-refractivity contribution in [1.29, 1.82) is 0 Å². The van der Waals surface area contributed by atoms with Gasteiger partial charge in [0.25, 0.3) is 0 Å². The van der Waals surface area contributed by atoms with Crippen molar-refractivity contribution in [3.8, 4) is 0 Å². The Hall–Kier alpha value is -0.380. The summed E-state index contributed by atoms with van der Waals surface area (Å²) in [6, 6.07) is 7.12. The minimum Gasteiger partial charge on any atom is -0.381 e. The molecule has 2 rings (SSSR count). The predicted molar refractivity (Wildman–Crippen MR) is 83.5 cm³/mol. The molecule has 1 heterocycles. The van der Waals surface area contributed by atoms with Crippen molar-refractivity contribution in [2.24, 2.45) is 5.92 Å². The number of aryl methyl sites for hydroxylation is 1. The molecule has 2 nitrogen and oxygen atoms in total. The summed E-state index contributed by atoms with van der Waals surface area (Å²) < 4.78 is 6.84. The van der Waals surface area contributed by atoms with Crippen molar-refractivity contribution in [1.82, 2.24) is 5.32 Å². The van der Waals surface area contributed by atoms with Crippen LogP contribution in [0.2, 0.25) is 0 Å². The van der Waals surface area contributed by atoms with Gasteiger partial charge in [0.2, 0.25) is 0 Å². The van der Waals surface area contributed by atoms with Gasteiger partial charge in [-0.3, -0.25) is 0 Å². The summed E-state index contributed by atoms with van der Waals surface area (Å²) in [6.07, 6.45) is 3.60. The molecule has 1 N–H and O–H groups in total. The van der Waals surface area contributed by atoms with Crippen molar-refractivity contribution >= 4 is 15.9 Å². The zero-order chi connectivity index (χ0) is 13.7. The molecule has 1 aromatic carbocycles. The SMILES string of the molecule is CCCNC(c1cc(C)cc(Br)c1)C1CCCOC1. The Morgan fingerprint density at radius 3 is 2.89 bits per heavy atom. The molecule has 2 atom stereocenters. The lowest BCUT2D eigenvalue weighted by molar-refractivity contribution is 0.0390. The quantitative estimate of drug-likeness (QED) is 0.874. The zero-order valence-electron chi connectivity index (χ0n) is 11.9. The highest BCUT2D eigenvalue weighted by Crippen LogP contribution is 2.31. The van der Waals surface area contributed by atoms with Gasteiger partial charge in [-0.25, -0.2) is 0 Å². The largest absolute Gasteiger partial charge is 0.381 e. The van der Waals surface area contributed by atoms with Gasteiger partial charge >= 0.3 is 0 Å². The molecule has 1 aromatic rings. The number of hydrogen-bond acceptors (Lipinski definition) is 2. The average Bonchev–Trinajstić information content (AvgIpc) is 2.39. The van der Waals surface area contributed by atoms with Crippen molar-refractivity contribution in [2.75, 3.05) is 19.8 Å². The van der Waals surface area contributed by atoms with Crippen LogP contribution >= 0.6 is 15.9 Å². The fraction of sp³-hybridized carbons (Fsp3) is 0.625. The van der Waals surface area contributed by atoms with Gasteiger partial charge in [-0.15, -0.1) is 0 Å². The first-order valence-electron chi connectivity index (χ1n) is 7.29. The lowest BCUT2D eigenvalue weighted by Crippen LogP contribution is -2.34. The van der Waals surface area contributed by atoms with E-state index in [-0.39, 0.29) is 0 Å². The van der Waals surface area contributed by atoms with E-state index < -0.39 is 0 Å². The summed E-state index contributed by atoms with van der Waals surface area (Å²) in [5.41, 5.74) is 2.69. The van der Waals surface area contributed by atoms with Crippen molar-refractivity contribution < 1.29 is 4.74 Å². The Morgan fingerprint density at radius 1 is 1.42 bits per heavy atom. The molecular weight excluding hydrogens is 302 g/mol. The summed E-state index contributed by atoms with van der Waals surface area (Å²) >= 11 is 3.61. The summed E-state index contributed by atoms with van der Waals surface area (Å²) in [7, 11) is 0. The van der Waals surface area contributed by atoms with Crippen LogP contribution in [0.15, 0.2) is 22.7 Å². The van der Waals surface area contributed by atoms with E-state index in [4.69, 9.17) is 4.74 Å². The second-order valence-corrected chi connectivity index (χ2v) is 6.39. The Morgan fingerprint density at radius 2 is 2.26 bits per heavy atom. The molecule has 1 fully saturated rings. The van der Waals surface area contributed by atoms with Crippen molar-refractivity contribution in [3.63, 3.8) is 0 Å². The maximum absolute atomic E-state index is 5.67. The Labute approximate surface area is 125 Å². The van der Waals surface area contributed by atoms with E-state index in [1.54, 1.807) is 0 Å². The van der Waals surface area contributed by atoms with Crippen molar-refractivity contribution in [2.45, 2.75) is 39.2 Å². The van der Waals surface area contributed by atoms with E-state index in [9.17, 15) is 0 Å². The molecule has 19 heavy (non-hydrogen) atoms. The highest BCUT2D eigenvalue weighted by Gasteiger charge is 2.25. The Kier molecular flexibility index (Phi) is 5.86. The number of hydrogen-bond donors (Lipinski definition) is 1. The van der Waals surface area contributed by atoms with Crippen LogP contribution in [0.1, 0.15) is 43.4 Å². The van der Waals surface area contributed by atoms with E-state index in [1.807, 2.05) is 0 Å². The Balaban J connectivity index is 2.19. The first-order chi connectivity index (χ1) is 9.20. The minimum atomic E-state index is 0.413. The molecule has 2 unspecified atom stereocenters. The van der Waals surface area contributed by atoms with Crippen LogP contribution < -0.4 is 5.32 Å². The topological polar surface area (TPSA) is 21.3 Å². The monoisotopic (exact) mass is 325 g/mol. The first-order valence-corrected chi connectivity index (χ1v) is 8.08. The van der Waals surface area contributed by atoms with Crippen LogP contribution in [0.4, 0.5) is 0 Å². The molecule has 0 amide bonds. The smallest absolute Gasteiger partial charge is 0.0512 e. The van der Waals surface area contributed by atoms with Gasteiger partial charge in [0.1, 0.15) is 0 Å². The second kappa shape index (κ2) is 7.41. The fourth-order valence-electron chi connectivity index (χ4n) is 2.83. The number of nitrogens with one attached hydrogen (secondary N) is 1. The Bertz CT molecular complexity index is 381. The average molecular weight is 326 g/mol. The van der Waals surface area contributed by atoms with Gasteiger partial charge in [0.15, 0.2) is 0 Å². The summed E-state index contributed by atoms with van der Waals surface area (Å²) in [5, 5.41) is 3.71. The van der Waals surface area contributed by atoms with Crippen LogP contribution in [-0.2, 0) is 4.74 Å². The lowest BCUT2D eigenvalue weighted by atomic mass is 9.88. The molecule has 0 spiro atoms. The van der Waals surface area contributed by atoms with E-state index in [2.05, 4.69) is 53.3 Å². The third kappa shape index (κ3) is 4.30. The molecule has 1 aliphatic rings.